The number of esters is 2. The molecule has 0 radical (unpaired) electrons. The number of ether oxygens (including phenoxy) is 2. The quantitative estimate of drug-likeness (QED) is 0.455. The Hall–Kier alpha value is -3.94. The molecule has 8 nitrogen and oxygen atoms in total. The van der Waals surface area contributed by atoms with Gasteiger partial charge in [0.05, 0.1) is 0 Å². The molecule has 2 aliphatic rings. The number of carbonyl (C=O) groups excluding carboxylic acids is 4. The fraction of sp³-hybridized carbons (Fsp3) is 0.357. The van der Waals surface area contributed by atoms with Crippen LogP contribution in [-0.4, -0.2) is 49.1 Å². The second kappa shape index (κ2) is 11.2. The van der Waals surface area contributed by atoms with Crippen molar-refractivity contribution in [2.45, 2.75) is 51.7 Å². The predicted molar refractivity (Wildman–Crippen MR) is 134 cm³/mol. The molecule has 2 amide bonds. The van der Waals surface area contributed by atoms with Gasteiger partial charge in [-0.15, -0.1) is 0 Å². The average Bonchev–Trinajstić information content (AvgIpc) is 2.90. The van der Waals surface area contributed by atoms with Gasteiger partial charge in [0.15, 0.2) is 12.2 Å². The van der Waals surface area contributed by atoms with Gasteiger partial charge in [0, 0.05) is 36.6 Å². The van der Waals surface area contributed by atoms with Crippen LogP contribution < -0.4 is 9.80 Å². The Morgan fingerprint density at radius 1 is 0.694 bits per heavy atom. The summed E-state index contributed by atoms with van der Waals surface area (Å²) in [6, 6.07) is 15.3. The van der Waals surface area contributed by atoms with Crippen LogP contribution in [0.4, 0.5) is 11.4 Å². The summed E-state index contributed by atoms with van der Waals surface area (Å²) in [5, 5.41) is 0. The van der Waals surface area contributed by atoms with Crippen molar-refractivity contribution in [3.63, 3.8) is 0 Å². The summed E-state index contributed by atoms with van der Waals surface area (Å²) >= 11 is 0. The van der Waals surface area contributed by atoms with E-state index in [4.69, 9.17) is 9.47 Å². The lowest BCUT2D eigenvalue weighted by Crippen LogP contribution is -2.42. The lowest BCUT2D eigenvalue weighted by atomic mass is 10.0. The minimum Gasteiger partial charge on any atom is -0.449 e. The molecular formula is C28H30N2O6. The zero-order chi connectivity index (χ0) is 25.7. The molecule has 2 aromatic carbocycles. The van der Waals surface area contributed by atoms with E-state index in [1.165, 1.54) is 13.8 Å². The SMILES string of the molecule is CC(OC(=O)/C=C/C(=O)OC(C)C(=O)N1CCCc2ccccc21)C(=O)N1CCCc2ccccc21. The number of rotatable bonds is 6. The molecule has 2 unspecified atom stereocenters. The molecule has 8 heteroatoms. The summed E-state index contributed by atoms with van der Waals surface area (Å²) in [6.45, 7) is 4.10. The molecule has 0 saturated heterocycles. The predicted octanol–water partition coefficient (Wildman–Crippen LogP) is 3.36. The van der Waals surface area contributed by atoms with Crippen LogP contribution >= 0.6 is 0 Å². The van der Waals surface area contributed by atoms with E-state index in [1.54, 1.807) is 9.80 Å². The highest BCUT2D eigenvalue weighted by Gasteiger charge is 2.29. The topological polar surface area (TPSA) is 93.2 Å². The molecule has 2 aromatic rings. The first kappa shape index (κ1) is 25.2. The van der Waals surface area contributed by atoms with Gasteiger partial charge >= 0.3 is 11.9 Å². The molecular weight excluding hydrogens is 460 g/mol. The van der Waals surface area contributed by atoms with Crippen LogP contribution in [0.2, 0.25) is 0 Å². The largest absolute Gasteiger partial charge is 0.449 e. The summed E-state index contributed by atoms with van der Waals surface area (Å²) in [6.07, 6.45) is 3.21. The fourth-order valence-electron chi connectivity index (χ4n) is 4.63. The Morgan fingerprint density at radius 3 is 1.50 bits per heavy atom. The number of nitrogens with zero attached hydrogens (tertiary/aromatic N) is 2. The molecule has 0 saturated carbocycles. The summed E-state index contributed by atoms with van der Waals surface area (Å²) < 4.78 is 10.4. The smallest absolute Gasteiger partial charge is 0.331 e. The first-order chi connectivity index (χ1) is 17.3. The lowest BCUT2D eigenvalue weighted by Gasteiger charge is -2.31. The van der Waals surface area contributed by atoms with Crippen LogP contribution in [0, 0.1) is 0 Å². The van der Waals surface area contributed by atoms with E-state index >= 15 is 0 Å². The van der Waals surface area contributed by atoms with Gasteiger partial charge in [-0.3, -0.25) is 9.59 Å². The van der Waals surface area contributed by atoms with Crippen LogP contribution in [0.5, 0.6) is 0 Å². The van der Waals surface area contributed by atoms with Gasteiger partial charge in [-0.2, -0.15) is 0 Å². The van der Waals surface area contributed by atoms with Crippen molar-refractivity contribution in [3.8, 4) is 0 Å². The summed E-state index contributed by atoms with van der Waals surface area (Å²) in [5.74, 6) is -2.34. The minimum atomic E-state index is -1.02. The number of carbonyl (C=O) groups is 4. The molecule has 2 heterocycles. The zero-order valence-corrected chi connectivity index (χ0v) is 20.5. The number of fused-ring (bicyclic) bond motifs is 2. The Balaban J connectivity index is 1.29. The molecule has 0 bridgehead atoms. The van der Waals surface area contributed by atoms with E-state index in [0.717, 1.165) is 60.3 Å². The standard InChI is InChI=1S/C28H30N2O6/c1-19(27(33)29-17-7-11-21-9-3-5-13-23(21)29)35-25(31)15-16-26(32)36-20(2)28(34)30-18-8-12-22-10-4-6-14-24(22)30/h3-6,9-10,13-16,19-20H,7-8,11-12,17-18H2,1-2H3/b16-15+. The van der Waals surface area contributed by atoms with E-state index in [9.17, 15) is 19.2 Å². The number of anilines is 2. The number of aryl methyl sites for hydroxylation is 2. The van der Waals surface area contributed by atoms with E-state index in [0.29, 0.717) is 13.1 Å². The summed E-state index contributed by atoms with van der Waals surface area (Å²) in [5.41, 5.74) is 3.81. The van der Waals surface area contributed by atoms with E-state index < -0.39 is 24.1 Å². The molecule has 0 spiro atoms. The van der Waals surface area contributed by atoms with E-state index in [-0.39, 0.29) is 11.8 Å². The van der Waals surface area contributed by atoms with Crippen molar-refractivity contribution in [3.05, 3.63) is 71.8 Å². The first-order valence-corrected chi connectivity index (χ1v) is 12.2. The van der Waals surface area contributed by atoms with Crippen LogP contribution in [0.25, 0.3) is 0 Å². The number of amides is 2. The van der Waals surface area contributed by atoms with Gasteiger partial charge in [0.25, 0.3) is 11.8 Å². The van der Waals surface area contributed by atoms with Gasteiger partial charge < -0.3 is 19.3 Å². The van der Waals surface area contributed by atoms with Crippen molar-refractivity contribution in [2.75, 3.05) is 22.9 Å². The Labute approximate surface area is 210 Å². The Bertz CT molecular complexity index is 1100. The van der Waals surface area contributed by atoms with Gasteiger partial charge in [-0.25, -0.2) is 9.59 Å². The van der Waals surface area contributed by atoms with Gasteiger partial charge in [0.1, 0.15) is 0 Å². The number of hydrogen-bond donors (Lipinski definition) is 0. The minimum absolute atomic E-state index is 0.326. The van der Waals surface area contributed by atoms with Gasteiger partial charge in [0.2, 0.25) is 0 Å². The van der Waals surface area contributed by atoms with Crippen molar-refractivity contribution in [2.24, 2.45) is 0 Å². The van der Waals surface area contributed by atoms with Gasteiger partial charge in [-0.1, -0.05) is 36.4 Å². The third kappa shape index (κ3) is 5.64. The molecule has 0 fully saturated rings. The van der Waals surface area contributed by atoms with Crippen LogP contribution in [0.15, 0.2) is 60.7 Å². The second-order valence-electron chi connectivity index (χ2n) is 8.94. The lowest BCUT2D eigenvalue weighted by molar-refractivity contribution is -0.150. The van der Waals surface area contributed by atoms with E-state index in [1.807, 2.05) is 48.5 Å². The highest BCUT2D eigenvalue weighted by atomic mass is 16.6. The normalized spacial score (nSPS) is 16.5. The third-order valence-electron chi connectivity index (χ3n) is 6.39. The second-order valence-corrected chi connectivity index (χ2v) is 8.94. The maximum Gasteiger partial charge on any atom is 0.331 e. The molecule has 4 rings (SSSR count). The molecule has 0 aliphatic carbocycles. The average molecular weight is 491 g/mol. The monoisotopic (exact) mass is 490 g/mol. The highest BCUT2D eigenvalue weighted by Crippen LogP contribution is 2.28. The van der Waals surface area contributed by atoms with Crippen molar-refractivity contribution in [1.29, 1.82) is 0 Å². The van der Waals surface area contributed by atoms with Crippen LogP contribution in [0.3, 0.4) is 0 Å². The molecule has 2 atom stereocenters. The van der Waals surface area contributed by atoms with Crippen molar-refractivity contribution in [1.82, 2.24) is 0 Å². The molecule has 0 aromatic heterocycles. The molecule has 2 aliphatic heterocycles. The molecule has 188 valence electrons. The maximum atomic E-state index is 12.9. The first-order valence-electron chi connectivity index (χ1n) is 12.2. The number of benzene rings is 2. The fourth-order valence-corrected chi connectivity index (χ4v) is 4.63. The number of hydrogen-bond acceptors (Lipinski definition) is 6. The zero-order valence-electron chi connectivity index (χ0n) is 20.5. The molecule has 36 heavy (non-hydrogen) atoms. The summed E-state index contributed by atoms with van der Waals surface area (Å²) in [7, 11) is 0. The van der Waals surface area contributed by atoms with Crippen LogP contribution in [-0.2, 0) is 41.5 Å². The number of para-hydroxylation sites is 2. The van der Waals surface area contributed by atoms with E-state index in [2.05, 4.69) is 0 Å². The third-order valence-corrected chi connectivity index (χ3v) is 6.39. The summed E-state index contributed by atoms with van der Waals surface area (Å²) in [4.78, 5) is 53.5. The molecule has 0 N–H and O–H groups in total. The van der Waals surface area contributed by atoms with Crippen molar-refractivity contribution >= 4 is 35.1 Å². The maximum absolute atomic E-state index is 12.9. The van der Waals surface area contributed by atoms with Crippen LogP contribution in [0.1, 0.15) is 37.8 Å². The Kier molecular flexibility index (Phi) is 7.83. The highest BCUT2D eigenvalue weighted by molar-refractivity contribution is 6.01. The Morgan fingerprint density at radius 2 is 1.08 bits per heavy atom. The van der Waals surface area contributed by atoms with Gasteiger partial charge in [-0.05, 0) is 62.8 Å². The van der Waals surface area contributed by atoms with Crippen molar-refractivity contribution < 1.29 is 28.7 Å².